The smallest absolute Gasteiger partial charge is 0.233 e. The van der Waals surface area contributed by atoms with Gasteiger partial charge >= 0.3 is 0 Å². The molecule has 5 nitrogen and oxygen atoms in total. The molecule has 1 saturated heterocycles. The number of piperidine rings is 1. The van der Waals surface area contributed by atoms with Crippen LogP contribution in [0.15, 0.2) is 24.3 Å². The Morgan fingerprint density at radius 1 is 1.11 bits per heavy atom. The lowest BCUT2D eigenvalue weighted by Gasteiger charge is -2.24. The second-order valence-electron chi connectivity index (χ2n) is 4.11. The van der Waals surface area contributed by atoms with Gasteiger partial charge in [-0.15, -0.1) is 0 Å². The zero-order valence-corrected chi connectivity index (χ0v) is 10.1. The molecule has 2 rings (SSSR count). The molecule has 2 N–H and O–H groups in total. The van der Waals surface area contributed by atoms with Gasteiger partial charge in [-0.2, -0.15) is 0 Å². The zero-order valence-electron chi connectivity index (χ0n) is 10.1. The van der Waals surface area contributed by atoms with E-state index in [9.17, 15) is 9.59 Å². The third kappa shape index (κ3) is 2.68. The Labute approximate surface area is 106 Å². The summed E-state index contributed by atoms with van der Waals surface area (Å²) in [6.07, 6.45) is 1.50. The van der Waals surface area contributed by atoms with Gasteiger partial charge in [0.2, 0.25) is 11.8 Å². The molecule has 0 aromatic heterocycles. The van der Waals surface area contributed by atoms with Crippen molar-refractivity contribution in [1.82, 2.24) is 0 Å². The third-order valence-electron chi connectivity index (χ3n) is 2.76. The molecule has 1 aliphatic rings. The van der Waals surface area contributed by atoms with Gasteiger partial charge in [0.05, 0.1) is 5.69 Å². The third-order valence-corrected chi connectivity index (χ3v) is 2.76. The molecule has 5 heteroatoms. The average molecular weight is 248 g/mol. The van der Waals surface area contributed by atoms with Crippen molar-refractivity contribution in [2.24, 2.45) is 5.73 Å². The number of anilines is 1. The van der Waals surface area contributed by atoms with Gasteiger partial charge in [0.15, 0.2) is 0 Å². The molecule has 0 saturated carbocycles. The highest BCUT2D eigenvalue weighted by molar-refractivity contribution is 6.16. The minimum Gasteiger partial charge on any atom is -0.492 e. The van der Waals surface area contributed by atoms with Crippen LogP contribution >= 0.6 is 0 Å². The van der Waals surface area contributed by atoms with Gasteiger partial charge in [-0.1, -0.05) is 0 Å². The predicted molar refractivity (Wildman–Crippen MR) is 67.3 cm³/mol. The Kier molecular flexibility index (Phi) is 3.94. The maximum atomic E-state index is 11.7. The van der Waals surface area contributed by atoms with Crippen molar-refractivity contribution >= 4 is 17.5 Å². The largest absolute Gasteiger partial charge is 0.492 e. The summed E-state index contributed by atoms with van der Waals surface area (Å²) in [5.74, 6) is 0.407. The first-order valence-electron chi connectivity index (χ1n) is 6.01. The fourth-order valence-corrected chi connectivity index (χ4v) is 1.91. The topological polar surface area (TPSA) is 72.6 Å². The highest BCUT2D eigenvalue weighted by Gasteiger charge is 2.27. The minimum absolute atomic E-state index is 0.137. The van der Waals surface area contributed by atoms with Crippen LogP contribution in [-0.4, -0.2) is 25.0 Å². The van der Waals surface area contributed by atoms with E-state index < -0.39 is 0 Å². The summed E-state index contributed by atoms with van der Waals surface area (Å²) in [6, 6.07) is 6.90. The molecule has 0 unspecified atom stereocenters. The van der Waals surface area contributed by atoms with Crippen molar-refractivity contribution < 1.29 is 14.3 Å². The normalized spacial score (nSPS) is 15.9. The van der Waals surface area contributed by atoms with Gasteiger partial charge in [0.1, 0.15) is 12.4 Å². The van der Waals surface area contributed by atoms with Crippen molar-refractivity contribution in [3.05, 3.63) is 24.3 Å². The average Bonchev–Trinajstić information content (AvgIpc) is 2.37. The Hall–Kier alpha value is -1.88. The van der Waals surface area contributed by atoms with E-state index >= 15 is 0 Å². The fourth-order valence-electron chi connectivity index (χ4n) is 1.91. The van der Waals surface area contributed by atoms with Crippen LogP contribution in [0.2, 0.25) is 0 Å². The number of rotatable bonds is 4. The first-order valence-corrected chi connectivity index (χ1v) is 6.01. The van der Waals surface area contributed by atoms with Crippen LogP contribution in [0.1, 0.15) is 19.3 Å². The van der Waals surface area contributed by atoms with E-state index in [1.54, 1.807) is 24.3 Å². The van der Waals surface area contributed by atoms with E-state index in [1.165, 1.54) is 4.90 Å². The summed E-state index contributed by atoms with van der Waals surface area (Å²) in [5.41, 5.74) is 5.94. The van der Waals surface area contributed by atoms with Crippen molar-refractivity contribution in [2.45, 2.75) is 19.3 Å². The molecular formula is C13H16N2O3. The molecule has 0 spiro atoms. The predicted octanol–water partition coefficient (Wildman–Crippen LogP) is 1.07. The molecule has 0 aliphatic carbocycles. The summed E-state index contributed by atoms with van der Waals surface area (Å²) < 4.78 is 5.34. The highest BCUT2D eigenvalue weighted by atomic mass is 16.5. The Morgan fingerprint density at radius 2 is 1.72 bits per heavy atom. The zero-order chi connectivity index (χ0) is 13.0. The molecule has 0 atom stereocenters. The lowest BCUT2D eigenvalue weighted by atomic mass is 10.1. The first kappa shape index (κ1) is 12.6. The molecule has 2 amide bonds. The number of imide groups is 1. The van der Waals surface area contributed by atoms with Gasteiger partial charge in [0, 0.05) is 19.4 Å². The summed E-state index contributed by atoms with van der Waals surface area (Å²) in [4.78, 5) is 24.7. The van der Waals surface area contributed by atoms with Gasteiger partial charge in [-0.3, -0.25) is 14.5 Å². The standard InChI is InChI=1S/C13H16N2O3/c14-8-9-18-11-6-4-10(5-7-11)15-12(16)2-1-3-13(15)17/h4-7H,1-3,8-9,14H2. The lowest BCUT2D eigenvalue weighted by molar-refractivity contribution is -0.129. The minimum atomic E-state index is -0.137. The molecule has 18 heavy (non-hydrogen) atoms. The summed E-state index contributed by atoms with van der Waals surface area (Å²) in [5, 5.41) is 0. The van der Waals surface area contributed by atoms with Gasteiger partial charge in [0.25, 0.3) is 0 Å². The van der Waals surface area contributed by atoms with Crippen LogP contribution in [0, 0.1) is 0 Å². The van der Waals surface area contributed by atoms with E-state index in [0.29, 0.717) is 43.9 Å². The number of hydrogen-bond donors (Lipinski definition) is 1. The summed E-state index contributed by atoms with van der Waals surface area (Å²) in [6.45, 7) is 0.895. The molecule has 0 radical (unpaired) electrons. The second-order valence-corrected chi connectivity index (χ2v) is 4.11. The van der Waals surface area contributed by atoms with E-state index in [1.807, 2.05) is 0 Å². The van der Waals surface area contributed by atoms with E-state index in [-0.39, 0.29) is 11.8 Å². The van der Waals surface area contributed by atoms with Crippen molar-refractivity contribution in [2.75, 3.05) is 18.1 Å². The molecule has 1 aliphatic heterocycles. The Bertz CT molecular complexity index is 426. The van der Waals surface area contributed by atoms with E-state index in [0.717, 1.165) is 0 Å². The van der Waals surface area contributed by atoms with E-state index in [4.69, 9.17) is 10.5 Å². The molecular weight excluding hydrogens is 232 g/mol. The number of nitrogens with zero attached hydrogens (tertiary/aromatic N) is 1. The van der Waals surface area contributed by atoms with Crippen LogP contribution in [0.25, 0.3) is 0 Å². The first-order chi connectivity index (χ1) is 8.72. The maximum absolute atomic E-state index is 11.7. The SMILES string of the molecule is NCCOc1ccc(N2C(=O)CCCC2=O)cc1. The van der Waals surface area contributed by atoms with Crippen molar-refractivity contribution in [3.63, 3.8) is 0 Å². The number of amides is 2. The number of ether oxygens (including phenoxy) is 1. The molecule has 1 heterocycles. The van der Waals surface area contributed by atoms with Gasteiger partial charge in [-0.25, -0.2) is 0 Å². The maximum Gasteiger partial charge on any atom is 0.233 e. The quantitative estimate of drug-likeness (QED) is 0.809. The van der Waals surface area contributed by atoms with Crippen LogP contribution in [-0.2, 0) is 9.59 Å². The number of nitrogens with two attached hydrogens (primary N) is 1. The lowest BCUT2D eigenvalue weighted by Crippen LogP contribution is -2.40. The van der Waals surface area contributed by atoms with Crippen LogP contribution in [0.4, 0.5) is 5.69 Å². The molecule has 1 aromatic carbocycles. The fraction of sp³-hybridized carbons (Fsp3) is 0.385. The van der Waals surface area contributed by atoms with Crippen LogP contribution in [0.5, 0.6) is 5.75 Å². The molecule has 1 aromatic rings. The van der Waals surface area contributed by atoms with Gasteiger partial charge < -0.3 is 10.5 Å². The van der Waals surface area contributed by atoms with Crippen molar-refractivity contribution in [1.29, 1.82) is 0 Å². The van der Waals surface area contributed by atoms with Gasteiger partial charge in [-0.05, 0) is 30.7 Å². The molecule has 1 fully saturated rings. The Balaban J connectivity index is 2.12. The Morgan fingerprint density at radius 3 is 2.28 bits per heavy atom. The highest BCUT2D eigenvalue weighted by Crippen LogP contribution is 2.24. The number of carbonyl (C=O) groups is 2. The van der Waals surface area contributed by atoms with E-state index in [2.05, 4.69) is 0 Å². The summed E-state index contributed by atoms with van der Waals surface area (Å²) >= 11 is 0. The monoisotopic (exact) mass is 248 g/mol. The summed E-state index contributed by atoms with van der Waals surface area (Å²) in [7, 11) is 0. The number of hydrogen-bond acceptors (Lipinski definition) is 4. The van der Waals surface area contributed by atoms with Crippen molar-refractivity contribution in [3.8, 4) is 5.75 Å². The second kappa shape index (κ2) is 5.64. The van der Waals surface area contributed by atoms with Crippen LogP contribution in [0.3, 0.4) is 0 Å². The van der Waals surface area contributed by atoms with Crippen LogP contribution < -0.4 is 15.4 Å². The molecule has 96 valence electrons. The number of carbonyl (C=O) groups excluding carboxylic acids is 2. The molecule has 0 bridgehead atoms. The number of benzene rings is 1.